The Morgan fingerprint density at radius 3 is 1.22 bits per heavy atom. The van der Waals surface area contributed by atoms with Gasteiger partial charge in [0.15, 0.2) is 0 Å². The van der Waals surface area contributed by atoms with Crippen molar-refractivity contribution in [3.05, 3.63) is 254 Å². The molecule has 0 unspecified atom stereocenters. The fraction of sp³-hybridized carbons (Fsp3) is 0.169. The first-order chi connectivity index (χ1) is 52.7. The molecule has 599 valence electrons. The molecule has 0 aromatic carbocycles. The minimum Gasteiger partial charge on any atom is -0.512 e. The maximum absolute atomic E-state index is 12.4. The number of H-pyrrole nitrogens is 1. The molecule has 31 nitrogen and oxygen atoms in total. The smallest absolute Gasteiger partial charge is 0.512 e. The number of nitrogen functional groups attached to an aromatic ring is 2. The average molecular weight is 2080 g/mol. The van der Waals surface area contributed by atoms with Crippen molar-refractivity contribution in [2.75, 3.05) is 54.6 Å². The summed E-state index contributed by atoms with van der Waals surface area (Å²) in [6.07, 6.45) is 6.00. The molecule has 0 atom stereocenters. The normalized spacial score (nSPS) is 9.26. The number of rotatable bonds is 16. The number of aromatic nitrogens is 5. The summed E-state index contributed by atoms with van der Waals surface area (Å²) < 4.78 is 67.0. The van der Waals surface area contributed by atoms with Crippen LogP contribution in [0.15, 0.2) is 123 Å². The van der Waals surface area contributed by atoms with Gasteiger partial charge in [0.05, 0.1) is 89.5 Å². The molecule has 0 bridgehead atoms. The molecule has 1 amide bonds. The number of aryl methyl sites for hydroxylation is 4. The number of carboxylic acids is 3. The number of carbonyl (C=O) groups excluding carboxylic acids is 1. The molecule has 113 heavy (non-hydrogen) atoms. The number of amides is 1. The Hall–Kier alpha value is -7.90. The molecular weight excluding hydrogens is 2030 g/mol. The number of aromatic amines is 1. The predicted molar refractivity (Wildman–Crippen MR) is 436 cm³/mol. The van der Waals surface area contributed by atoms with Crippen molar-refractivity contribution in [3.8, 4) is 12.1 Å². The molecule has 9 N–H and O–H groups in total. The summed E-state index contributed by atoms with van der Waals surface area (Å²) in [6.45, 7) is 6.15. The number of nitrogens with two attached hydrogens (primary N) is 2. The average Bonchev–Trinajstić information content (AvgIpc) is 1.75. The van der Waals surface area contributed by atoms with Crippen LogP contribution in [0.25, 0.3) is 0 Å². The number of hydrogen-bond acceptors (Lipinski definition) is 25. The number of nitrogens with one attached hydrogen (secondary N) is 2. The first-order valence-electron chi connectivity index (χ1n) is 27.9. The van der Waals surface area contributed by atoms with E-state index in [1.807, 2.05) is 28.7 Å². The molecule has 1 radical (unpaired) electrons. The minimum atomic E-state index is -1.06. The van der Waals surface area contributed by atoms with Crippen molar-refractivity contribution in [1.82, 2.24) is 23.3 Å². The quantitative estimate of drug-likeness (QED) is 0.00651. The largest absolute Gasteiger partial charge is 2.00 e. The number of aromatic carboxylic acids is 3. The van der Waals surface area contributed by atoms with E-state index in [1.54, 1.807) is 11.4 Å². The number of anilines is 3. The zero-order chi connectivity index (χ0) is 86.8. The molecule has 0 saturated heterocycles. The molecule has 9 aromatic rings. The monoisotopic (exact) mass is 2070 g/mol. The number of thiophene rings is 4. The van der Waals surface area contributed by atoms with Gasteiger partial charge in [-0.15, -0.1) is 45.3 Å². The van der Waals surface area contributed by atoms with Crippen molar-refractivity contribution < 1.29 is 85.8 Å². The van der Waals surface area contributed by atoms with Crippen LogP contribution >= 0.6 is 201 Å². The summed E-state index contributed by atoms with van der Waals surface area (Å²) in [4.78, 5) is 121. The maximum atomic E-state index is 12.4. The third-order valence-corrected chi connectivity index (χ3v) is 19.1. The van der Waals surface area contributed by atoms with Crippen LogP contribution in [0.2, 0.25) is 45.2 Å². The fourth-order valence-electron chi connectivity index (χ4n) is 6.35. The SMILES string of the molecule is FCCI.N#Cc1sc(C(=O)Nc2cc(Cl)c(=O)n(CCF)c2)cc1Cl.N#Cc1sc(C(=O)O)cc1Cl.Nc1cc(Cl)c(=O)n(CCF)c1.Nc1cc(Cl)c(=O)n(CCF)c1.O=C(O)c1cc(Cl)c(Br)s1.O=C(O)c1cc(Cl)cs1.O=c1[nH]cc([N+](=O)[O-])cc1Cl.O=c1c(Cl)cc([N+](=O)[O-])cn1CCF.[B]=NS.[C-]#N.[C-]#N.[Zn+2]. The third kappa shape index (κ3) is 42.9. The van der Waals surface area contributed by atoms with Gasteiger partial charge in [0.25, 0.3) is 45.1 Å². The van der Waals surface area contributed by atoms with Crippen LogP contribution in [0, 0.1) is 66.6 Å². The topological polar surface area (TPSA) is 508 Å². The van der Waals surface area contributed by atoms with E-state index in [9.17, 15) is 85.3 Å². The van der Waals surface area contributed by atoms with Gasteiger partial charge in [-0.25, -0.2) is 31.9 Å². The molecule has 0 aliphatic rings. The molecule has 9 heterocycles. The van der Waals surface area contributed by atoms with E-state index < -0.39 is 88.2 Å². The van der Waals surface area contributed by atoms with Crippen LogP contribution in [0.3, 0.4) is 0 Å². The Kier molecular flexibility index (Phi) is 60.7. The number of hydrogen-bond donors (Lipinski definition) is 8. The van der Waals surface area contributed by atoms with Crippen LogP contribution in [0.4, 0.5) is 50.4 Å². The summed E-state index contributed by atoms with van der Waals surface area (Å²) in [5.74, 6) is -3.43. The summed E-state index contributed by atoms with van der Waals surface area (Å²) in [6, 6.07) is 15.1. The van der Waals surface area contributed by atoms with Gasteiger partial charge >= 0.3 is 62.1 Å². The number of nitriles is 2. The van der Waals surface area contributed by atoms with Crippen molar-refractivity contribution in [3.63, 3.8) is 0 Å². The second-order valence-corrected chi connectivity index (χ2v) is 28.6. The first kappa shape index (κ1) is 111. The van der Waals surface area contributed by atoms with Crippen LogP contribution in [0.1, 0.15) is 48.4 Å². The number of carbonyl (C=O) groups is 4. The molecule has 0 fully saturated rings. The summed E-state index contributed by atoms with van der Waals surface area (Å²) in [5, 5.41) is 80.3. The van der Waals surface area contributed by atoms with E-state index in [4.69, 9.17) is 165 Å². The summed E-state index contributed by atoms with van der Waals surface area (Å²) in [5.41, 5.74) is 8.65. The van der Waals surface area contributed by atoms with Gasteiger partial charge in [0.1, 0.15) is 88.3 Å². The summed E-state index contributed by atoms with van der Waals surface area (Å²) >= 11 is 62.2. The zero-order valence-corrected chi connectivity index (χ0v) is 73.5. The Bertz CT molecular complexity index is 5020. The number of nitro groups is 2. The Balaban J connectivity index is -0.000000597. The molecule has 9 rings (SSSR count). The minimum absolute atomic E-state index is 0. The standard InChI is InChI=1S/C13H8Cl2FN3O2S.C7H6ClFN2O3.2C7H8ClFN2O.C6H2ClNO2S.C5H2BrClO2S.C5H3ClN2O3.C5H3ClO2S.C2H4FI.2CN.BHNS.Zn/c14-8-4-10(22-11(8)5-17)12(20)18-7-3-9(15)13(21)19(6-7)2-1-16;8-6-3-5(11(13)14)4-10(2-1-9)7(6)12;2*8-6-3-5(10)4-11(2-1-9)7(6)12;7-3-1-4(6(9)10)11-5(3)2-8;6-4-2(7)1-3(10-4)5(8)9;6-4-1-3(8(10)11)2-7-5(4)9;6-3-1-4(5(7)8)9-2-3;3-1-2-4;2*1-2;1-2-3;/h3-4,6H,1-2H2,(H,18,20);3-4H,1-2H2;2*3-4H,1-2,10H2;1H,(H,9,10);1H,(H,8,9);1-2H,(H,7,9);1-2H,(H,7,8);1-2H2;;;3H;/q;;;;;;;;;2*-1;;+2. The van der Waals surface area contributed by atoms with Gasteiger partial charge in [-0.1, -0.05) is 127 Å². The second-order valence-electron chi connectivity index (χ2n) is 18.2. The zero-order valence-electron chi connectivity index (χ0n) is 55.9. The molecule has 0 aliphatic heterocycles. The molecule has 0 aliphatic carbocycles. The van der Waals surface area contributed by atoms with Crippen LogP contribution in [-0.2, 0) is 45.7 Å². The van der Waals surface area contributed by atoms with E-state index in [0.717, 1.165) is 88.1 Å². The molecule has 0 spiro atoms. The van der Waals surface area contributed by atoms with E-state index >= 15 is 0 Å². The van der Waals surface area contributed by atoms with Crippen molar-refractivity contribution in [2.24, 2.45) is 4.30 Å². The molecule has 9 aromatic heterocycles. The molecule has 0 saturated carbocycles. The van der Waals surface area contributed by atoms with Crippen LogP contribution in [0.5, 0.6) is 0 Å². The van der Waals surface area contributed by atoms with Gasteiger partial charge in [-0.2, -0.15) is 10.5 Å². The van der Waals surface area contributed by atoms with Crippen LogP contribution < -0.4 is 44.6 Å². The number of thiol groups is 1. The number of alkyl halides is 6. The van der Waals surface area contributed by atoms with E-state index in [-0.39, 0.29) is 134 Å². The maximum Gasteiger partial charge on any atom is 2.00 e. The van der Waals surface area contributed by atoms with Gasteiger partial charge < -0.3 is 79.0 Å². The summed E-state index contributed by atoms with van der Waals surface area (Å²) in [7, 11) is 4.34. The Labute approximate surface area is 735 Å². The van der Waals surface area contributed by atoms with Gasteiger partial charge in [-0.3, -0.25) is 53.4 Å². The first-order valence-corrected chi connectivity index (χ1v) is 37.4. The van der Waals surface area contributed by atoms with Crippen LogP contribution in [-0.4, -0.2) is 118 Å². The number of carboxylic acid groups (broad SMARTS) is 3. The number of pyridine rings is 5. The Morgan fingerprint density at radius 1 is 0.575 bits per heavy atom. The van der Waals surface area contributed by atoms with E-state index in [0.29, 0.717) is 29.6 Å². The van der Waals surface area contributed by atoms with E-state index in [2.05, 4.69) is 51.0 Å². The van der Waals surface area contributed by atoms with Gasteiger partial charge in [0.2, 0.25) is 0 Å². The van der Waals surface area contributed by atoms with Crippen molar-refractivity contribution in [1.29, 1.82) is 21.0 Å². The second kappa shape index (κ2) is 61.5. The number of halogens is 16. The molecule has 54 heteroatoms. The van der Waals surface area contributed by atoms with Crippen molar-refractivity contribution in [2.45, 2.75) is 26.2 Å². The number of nitrogens with zero attached hydrogens (tertiary/aromatic N) is 11. The fourth-order valence-corrected chi connectivity index (χ4v) is 12.0. The Morgan fingerprint density at radius 2 is 0.920 bits per heavy atom. The van der Waals surface area contributed by atoms with Gasteiger partial charge in [0, 0.05) is 51.9 Å². The molecular formula is C59H45BBrCl9F5IN15O16S5Zn. The van der Waals surface area contributed by atoms with Crippen molar-refractivity contribution >= 4 is 261 Å². The van der Waals surface area contributed by atoms with E-state index in [1.165, 1.54) is 61.1 Å². The third-order valence-electron chi connectivity index (χ3n) is 10.7. The predicted octanol–water partition coefficient (Wildman–Crippen LogP) is 16.4. The van der Waals surface area contributed by atoms with Gasteiger partial charge in [-0.05, 0) is 58.4 Å².